The van der Waals surface area contributed by atoms with Crippen LogP contribution in [0.1, 0.15) is 47.2 Å². The summed E-state index contributed by atoms with van der Waals surface area (Å²) in [5.74, 6) is 0. The maximum atomic E-state index is 2.58. The fourth-order valence-corrected chi connectivity index (χ4v) is 7.70. The molecule has 6 aromatic carbocycles. The molecule has 0 aromatic heterocycles. The van der Waals surface area contributed by atoms with Crippen molar-refractivity contribution in [2.45, 2.75) is 32.1 Å². The fraction of sp³-hybridized carbons (Fsp3) is 0.135. The van der Waals surface area contributed by atoms with E-state index in [9.17, 15) is 0 Å². The molecule has 0 heterocycles. The van der Waals surface area contributed by atoms with E-state index in [2.05, 4.69) is 123 Å². The summed E-state index contributed by atoms with van der Waals surface area (Å²) in [6.07, 6.45) is 2.05. The van der Waals surface area contributed by atoms with E-state index in [1.807, 2.05) is 0 Å². The van der Waals surface area contributed by atoms with Crippen LogP contribution in [0.2, 0.25) is 0 Å². The molecule has 1 spiro atoms. The zero-order chi connectivity index (χ0) is 24.7. The van der Waals surface area contributed by atoms with Crippen LogP contribution in [0.5, 0.6) is 0 Å². The van der Waals surface area contributed by atoms with E-state index in [4.69, 9.17) is 0 Å². The van der Waals surface area contributed by atoms with Crippen molar-refractivity contribution in [2.75, 3.05) is 0 Å². The molecule has 6 aromatic rings. The highest BCUT2D eigenvalue weighted by Crippen LogP contribution is 2.63. The van der Waals surface area contributed by atoms with Crippen LogP contribution in [0.3, 0.4) is 0 Å². The van der Waals surface area contributed by atoms with Gasteiger partial charge in [0.2, 0.25) is 0 Å². The SMILES string of the molecule is CCc1c2ccccc2c(CC)c2cc3c(cc12)-c1ccccc1C31c2ccccc2-c2ccccc21. The Morgan fingerprint density at radius 3 is 1.30 bits per heavy atom. The highest BCUT2D eigenvalue weighted by Gasteiger charge is 2.51. The molecular weight excluding hydrogens is 444 g/mol. The van der Waals surface area contributed by atoms with Gasteiger partial charge in [-0.2, -0.15) is 0 Å². The van der Waals surface area contributed by atoms with Gasteiger partial charge in [-0.3, -0.25) is 0 Å². The second kappa shape index (κ2) is 7.43. The molecule has 2 aliphatic rings. The van der Waals surface area contributed by atoms with E-state index in [0.29, 0.717) is 0 Å². The van der Waals surface area contributed by atoms with Crippen LogP contribution in [0.4, 0.5) is 0 Å². The molecule has 0 unspecified atom stereocenters. The third kappa shape index (κ3) is 2.44. The average molecular weight is 473 g/mol. The van der Waals surface area contributed by atoms with Crippen LogP contribution < -0.4 is 0 Å². The van der Waals surface area contributed by atoms with Gasteiger partial charge in [0.25, 0.3) is 0 Å². The molecule has 0 N–H and O–H groups in total. The van der Waals surface area contributed by atoms with Crippen LogP contribution in [-0.4, -0.2) is 0 Å². The Labute approximate surface area is 218 Å². The lowest BCUT2D eigenvalue weighted by Crippen LogP contribution is -2.25. The highest BCUT2D eigenvalue weighted by molar-refractivity contribution is 6.09. The summed E-state index contributed by atoms with van der Waals surface area (Å²) < 4.78 is 0. The average Bonchev–Trinajstić information content (AvgIpc) is 3.42. The number of benzene rings is 6. The molecule has 0 bridgehead atoms. The molecule has 37 heavy (non-hydrogen) atoms. The van der Waals surface area contributed by atoms with Gasteiger partial charge in [-0.25, -0.2) is 0 Å². The predicted octanol–water partition coefficient (Wildman–Crippen LogP) is 9.46. The number of rotatable bonds is 2. The van der Waals surface area contributed by atoms with Crippen LogP contribution in [0, 0.1) is 0 Å². The van der Waals surface area contributed by atoms with Crippen molar-refractivity contribution in [3.8, 4) is 22.3 Å². The second-order valence-electron chi connectivity index (χ2n) is 10.5. The lowest BCUT2D eigenvalue weighted by Gasteiger charge is -2.31. The van der Waals surface area contributed by atoms with Gasteiger partial charge in [0, 0.05) is 0 Å². The van der Waals surface area contributed by atoms with Gasteiger partial charge in [-0.05, 0) is 102 Å². The lowest BCUT2D eigenvalue weighted by molar-refractivity contribution is 0.795. The largest absolute Gasteiger partial charge is 0.0725 e. The molecule has 0 nitrogen and oxygen atoms in total. The molecular formula is C37H28. The first kappa shape index (κ1) is 21.0. The first-order valence-electron chi connectivity index (χ1n) is 13.6. The molecule has 0 atom stereocenters. The molecule has 2 aliphatic carbocycles. The maximum absolute atomic E-state index is 2.58. The second-order valence-corrected chi connectivity index (χ2v) is 10.5. The van der Waals surface area contributed by atoms with Crippen molar-refractivity contribution in [2.24, 2.45) is 0 Å². The molecule has 0 saturated carbocycles. The molecule has 0 heteroatoms. The summed E-state index contributed by atoms with van der Waals surface area (Å²) in [5.41, 5.74) is 13.8. The Kier molecular flexibility index (Phi) is 4.21. The van der Waals surface area contributed by atoms with Crippen molar-refractivity contribution < 1.29 is 0 Å². The van der Waals surface area contributed by atoms with E-state index >= 15 is 0 Å². The monoisotopic (exact) mass is 472 g/mol. The Hall–Kier alpha value is -4.16. The minimum Gasteiger partial charge on any atom is -0.0619 e. The molecule has 176 valence electrons. The minimum absolute atomic E-state index is 0.281. The smallest absolute Gasteiger partial charge is 0.0619 e. The molecule has 0 radical (unpaired) electrons. The summed E-state index contributed by atoms with van der Waals surface area (Å²) in [7, 11) is 0. The third-order valence-corrected chi connectivity index (χ3v) is 9.07. The Morgan fingerprint density at radius 2 is 0.811 bits per heavy atom. The zero-order valence-corrected chi connectivity index (χ0v) is 21.3. The van der Waals surface area contributed by atoms with Crippen molar-refractivity contribution >= 4 is 21.5 Å². The van der Waals surface area contributed by atoms with E-state index in [1.54, 1.807) is 0 Å². The summed E-state index contributed by atoms with van der Waals surface area (Å²) in [5, 5.41) is 5.66. The van der Waals surface area contributed by atoms with E-state index < -0.39 is 0 Å². The molecule has 0 amide bonds. The number of fused-ring (bicyclic) bond motifs is 12. The van der Waals surface area contributed by atoms with Gasteiger partial charge in [0.1, 0.15) is 0 Å². The minimum atomic E-state index is -0.281. The number of aryl methyl sites for hydroxylation is 2. The third-order valence-electron chi connectivity index (χ3n) is 9.07. The molecule has 0 saturated heterocycles. The normalized spacial score (nSPS) is 14.1. The van der Waals surface area contributed by atoms with Gasteiger partial charge < -0.3 is 0 Å². The maximum Gasteiger partial charge on any atom is 0.0725 e. The van der Waals surface area contributed by atoms with Gasteiger partial charge in [0.15, 0.2) is 0 Å². The molecule has 8 rings (SSSR count). The lowest BCUT2D eigenvalue weighted by atomic mass is 9.70. The summed E-state index contributed by atoms with van der Waals surface area (Å²) in [6.45, 7) is 4.61. The van der Waals surface area contributed by atoms with Gasteiger partial charge in [-0.15, -0.1) is 0 Å². The zero-order valence-electron chi connectivity index (χ0n) is 21.3. The van der Waals surface area contributed by atoms with E-state index in [0.717, 1.165) is 12.8 Å². The summed E-state index contributed by atoms with van der Waals surface area (Å²) in [4.78, 5) is 0. The molecule has 0 aliphatic heterocycles. The van der Waals surface area contributed by atoms with Crippen LogP contribution in [0.25, 0.3) is 43.8 Å². The van der Waals surface area contributed by atoms with E-state index in [-0.39, 0.29) is 5.41 Å². The fourth-order valence-electron chi connectivity index (χ4n) is 7.70. The van der Waals surface area contributed by atoms with Crippen LogP contribution >= 0.6 is 0 Å². The standard InChI is InChI=1S/C37H28/c1-3-23-25-13-5-6-14-26(25)24(4-2)31-22-36-32(21-30(23)31)29-17-9-12-20-35(29)37(36)33-18-10-7-15-27(33)28-16-8-11-19-34(28)37/h5-22H,3-4H2,1-2H3. The summed E-state index contributed by atoms with van der Waals surface area (Å²) in [6, 6.07) is 41.4. The predicted molar refractivity (Wildman–Crippen MR) is 157 cm³/mol. The van der Waals surface area contributed by atoms with E-state index in [1.165, 1.54) is 77.2 Å². The van der Waals surface area contributed by atoms with Crippen molar-refractivity contribution in [1.82, 2.24) is 0 Å². The quantitative estimate of drug-likeness (QED) is 0.220. The van der Waals surface area contributed by atoms with Gasteiger partial charge in [-0.1, -0.05) is 111 Å². The van der Waals surface area contributed by atoms with Gasteiger partial charge in [0.05, 0.1) is 5.41 Å². The first-order chi connectivity index (χ1) is 18.3. The number of hydrogen-bond acceptors (Lipinski definition) is 0. The Morgan fingerprint density at radius 1 is 0.405 bits per heavy atom. The van der Waals surface area contributed by atoms with Crippen LogP contribution in [0.15, 0.2) is 109 Å². The molecule has 0 fully saturated rings. The first-order valence-corrected chi connectivity index (χ1v) is 13.6. The van der Waals surface area contributed by atoms with Crippen molar-refractivity contribution in [1.29, 1.82) is 0 Å². The van der Waals surface area contributed by atoms with Crippen molar-refractivity contribution in [3.63, 3.8) is 0 Å². The Bertz CT molecular complexity index is 1860. The highest BCUT2D eigenvalue weighted by atomic mass is 14.5. The summed E-state index contributed by atoms with van der Waals surface area (Å²) >= 11 is 0. The van der Waals surface area contributed by atoms with Crippen LogP contribution in [-0.2, 0) is 18.3 Å². The van der Waals surface area contributed by atoms with Crippen molar-refractivity contribution in [3.05, 3.63) is 143 Å². The Balaban J connectivity index is 1.61. The topological polar surface area (TPSA) is 0 Å². The number of hydrogen-bond donors (Lipinski definition) is 0. The van der Waals surface area contributed by atoms with Gasteiger partial charge >= 0.3 is 0 Å².